The molecular formula is C11H15F2NO2. The Hall–Kier alpha value is -1.20. The molecule has 1 aromatic carbocycles. The summed E-state index contributed by atoms with van der Waals surface area (Å²) in [5.74, 6) is -1.29. The Labute approximate surface area is 92.8 Å². The van der Waals surface area contributed by atoms with Crippen LogP contribution in [0.15, 0.2) is 18.2 Å². The van der Waals surface area contributed by atoms with E-state index < -0.39 is 17.2 Å². The number of rotatable bonds is 5. The molecule has 0 saturated heterocycles. The van der Waals surface area contributed by atoms with Crippen LogP contribution in [0.3, 0.4) is 0 Å². The minimum atomic E-state index is -1.02. The first-order valence-corrected chi connectivity index (χ1v) is 4.94. The third-order valence-corrected chi connectivity index (χ3v) is 2.19. The van der Waals surface area contributed by atoms with Crippen molar-refractivity contribution in [1.29, 1.82) is 0 Å². The van der Waals surface area contributed by atoms with E-state index in [1.165, 1.54) is 0 Å². The van der Waals surface area contributed by atoms with Crippen LogP contribution >= 0.6 is 0 Å². The molecule has 90 valence electrons. The van der Waals surface area contributed by atoms with Crippen molar-refractivity contribution in [3.05, 3.63) is 29.8 Å². The third-order valence-electron chi connectivity index (χ3n) is 2.19. The van der Waals surface area contributed by atoms with Crippen LogP contribution in [0.5, 0.6) is 5.75 Å². The van der Waals surface area contributed by atoms with Crippen molar-refractivity contribution < 1.29 is 18.6 Å². The van der Waals surface area contributed by atoms with Gasteiger partial charge >= 0.3 is 0 Å². The van der Waals surface area contributed by atoms with Crippen molar-refractivity contribution in [2.24, 2.45) is 5.73 Å². The van der Waals surface area contributed by atoms with E-state index in [2.05, 4.69) is 0 Å². The van der Waals surface area contributed by atoms with Crippen LogP contribution in [0.4, 0.5) is 8.78 Å². The maximum absolute atomic E-state index is 12.8. The first-order valence-electron chi connectivity index (χ1n) is 4.94. The van der Waals surface area contributed by atoms with Crippen LogP contribution in [0.25, 0.3) is 0 Å². The van der Waals surface area contributed by atoms with Gasteiger partial charge in [-0.2, -0.15) is 0 Å². The fourth-order valence-corrected chi connectivity index (χ4v) is 1.10. The molecule has 0 spiro atoms. The molecule has 0 aliphatic heterocycles. The lowest BCUT2D eigenvalue weighted by molar-refractivity contribution is 0.0453. The number of ether oxygens (including phenoxy) is 1. The summed E-state index contributed by atoms with van der Waals surface area (Å²) in [6.45, 7) is 1.82. The van der Waals surface area contributed by atoms with Crippen molar-refractivity contribution in [3.8, 4) is 5.75 Å². The van der Waals surface area contributed by atoms with Crippen LogP contribution in [0, 0.1) is 11.6 Å². The van der Waals surface area contributed by atoms with E-state index in [4.69, 9.17) is 10.5 Å². The molecule has 0 radical (unpaired) electrons. The number of hydrogen-bond acceptors (Lipinski definition) is 3. The first-order chi connectivity index (χ1) is 7.43. The maximum atomic E-state index is 12.8. The summed E-state index contributed by atoms with van der Waals surface area (Å²) < 4.78 is 30.6. The lowest BCUT2D eigenvalue weighted by atomic mass is 10.0. The van der Waals surface area contributed by atoms with E-state index in [1.807, 2.05) is 0 Å². The summed E-state index contributed by atoms with van der Waals surface area (Å²) in [7, 11) is 0. The molecule has 0 saturated carbocycles. The Morgan fingerprint density at radius 2 is 1.88 bits per heavy atom. The highest BCUT2D eigenvalue weighted by molar-refractivity contribution is 5.23. The third kappa shape index (κ3) is 4.12. The molecule has 5 heteroatoms. The van der Waals surface area contributed by atoms with Gasteiger partial charge in [-0.1, -0.05) is 0 Å². The molecule has 0 aliphatic carbocycles. The van der Waals surface area contributed by atoms with Gasteiger partial charge in [0.15, 0.2) is 0 Å². The van der Waals surface area contributed by atoms with E-state index in [0.717, 1.165) is 18.2 Å². The Morgan fingerprint density at radius 1 is 1.31 bits per heavy atom. The molecule has 1 rings (SSSR count). The average molecular weight is 231 g/mol. The van der Waals surface area contributed by atoms with Gasteiger partial charge in [0.2, 0.25) is 0 Å². The summed E-state index contributed by atoms with van der Waals surface area (Å²) in [6, 6.07) is 2.93. The fourth-order valence-electron chi connectivity index (χ4n) is 1.10. The standard InChI is InChI=1S/C11H15F2NO2/c1-11(15,7-14)2-3-16-10-5-8(12)4-9(13)6-10/h4-6,15H,2-3,7,14H2,1H3. The van der Waals surface area contributed by atoms with Gasteiger partial charge in [0.25, 0.3) is 0 Å². The van der Waals surface area contributed by atoms with Crippen LogP contribution in [0.1, 0.15) is 13.3 Å². The van der Waals surface area contributed by atoms with Gasteiger partial charge in [0.1, 0.15) is 17.4 Å². The zero-order valence-electron chi connectivity index (χ0n) is 9.04. The molecule has 0 aliphatic rings. The molecule has 1 unspecified atom stereocenters. The summed E-state index contributed by atoms with van der Waals surface area (Å²) in [5.41, 5.74) is 4.29. The van der Waals surface area contributed by atoms with Gasteiger partial charge in [0.05, 0.1) is 12.2 Å². The highest BCUT2D eigenvalue weighted by Crippen LogP contribution is 2.16. The Bertz CT molecular complexity index is 336. The van der Waals surface area contributed by atoms with Gasteiger partial charge in [-0.3, -0.25) is 0 Å². The van der Waals surface area contributed by atoms with Crippen molar-refractivity contribution in [2.45, 2.75) is 18.9 Å². The van der Waals surface area contributed by atoms with E-state index in [1.54, 1.807) is 6.92 Å². The number of halogens is 2. The van der Waals surface area contributed by atoms with E-state index in [9.17, 15) is 13.9 Å². The second-order valence-corrected chi connectivity index (χ2v) is 3.90. The molecule has 1 aromatic rings. The second kappa shape index (κ2) is 5.23. The molecule has 0 amide bonds. The quantitative estimate of drug-likeness (QED) is 0.806. The van der Waals surface area contributed by atoms with Gasteiger partial charge in [-0.05, 0) is 6.92 Å². The highest BCUT2D eigenvalue weighted by Gasteiger charge is 2.17. The lowest BCUT2D eigenvalue weighted by Gasteiger charge is -2.20. The second-order valence-electron chi connectivity index (χ2n) is 3.90. The van der Waals surface area contributed by atoms with E-state index in [-0.39, 0.29) is 18.9 Å². The molecule has 16 heavy (non-hydrogen) atoms. The molecule has 1 atom stereocenters. The molecule has 3 N–H and O–H groups in total. The number of aliphatic hydroxyl groups is 1. The number of benzene rings is 1. The number of hydrogen-bond donors (Lipinski definition) is 2. The predicted octanol–water partition coefficient (Wildman–Crippen LogP) is 1.44. The SMILES string of the molecule is CC(O)(CN)CCOc1cc(F)cc(F)c1. The zero-order valence-corrected chi connectivity index (χ0v) is 9.04. The highest BCUT2D eigenvalue weighted by atomic mass is 19.1. The van der Waals surface area contributed by atoms with Gasteiger partial charge < -0.3 is 15.6 Å². The Balaban J connectivity index is 2.49. The van der Waals surface area contributed by atoms with Crippen molar-refractivity contribution in [2.75, 3.05) is 13.2 Å². The molecule has 0 fully saturated rings. The molecule has 0 heterocycles. The fraction of sp³-hybridized carbons (Fsp3) is 0.455. The molecule has 3 nitrogen and oxygen atoms in total. The first kappa shape index (κ1) is 12.9. The van der Waals surface area contributed by atoms with Gasteiger partial charge in [-0.15, -0.1) is 0 Å². The average Bonchev–Trinajstić information content (AvgIpc) is 2.16. The summed E-state index contributed by atoms with van der Waals surface area (Å²) in [5, 5.41) is 9.56. The van der Waals surface area contributed by atoms with Crippen LogP contribution in [-0.4, -0.2) is 23.9 Å². The normalized spacial score (nSPS) is 14.6. The Kier molecular flexibility index (Phi) is 4.20. The summed E-state index contributed by atoms with van der Waals surface area (Å²) in [6.07, 6.45) is 0.293. The van der Waals surface area contributed by atoms with Crippen LogP contribution in [0.2, 0.25) is 0 Å². The summed E-state index contributed by atoms with van der Waals surface area (Å²) >= 11 is 0. The lowest BCUT2D eigenvalue weighted by Crippen LogP contribution is -2.35. The molecule has 0 bridgehead atoms. The van der Waals surface area contributed by atoms with Crippen molar-refractivity contribution in [3.63, 3.8) is 0 Å². The monoisotopic (exact) mass is 231 g/mol. The van der Waals surface area contributed by atoms with Crippen molar-refractivity contribution >= 4 is 0 Å². The smallest absolute Gasteiger partial charge is 0.129 e. The van der Waals surface area contributed by atoms with Crippen molar-refractivity contribution in [1.82, 2.24) is 0 Å². The number of nitrogens with two attached hydrogens (primary N) is 1. The Morgan fingerprint density at radius 3 is 2.38 bits per heavy atom. The predicted molar refractivity (Wildman–Crippen MR) is 56.1 cm³/mol. The van der Waals surface area contributed by atoms with Gasteiger partial charge in [-0.25, -0.2) is 8.78 Å². The minimum Gasteiger partial charge on any atom is -0.493 e. The molecule has 0 aromatic heterocycles. The zero-order chi connectivity index (χ0) is 12.2. The van der Waals surface area contributed by atoms with E-state index >= 15 is 0 Å². The van der Waals surface area contributed by atoms with Crippen LogP contribution in [-0.2, 0) is 0 Å². The van der Waals surface area contributed by atoms with Gasteiger partial charge in [0, 0.05) is 31.2 Å². The van der Waals surface area contributed by atoms with E-state index in [0.29, 0.717) is 6.42 Å². The maximum Gasteiger partial charge on any atom is 0.129 e. The molecular weight excluding hydrogens is 216 g/mol. The summed E-state index contributed by atoms with van der Waals surface area (Å²) in [4.78, 5) is 0. The minimum absolute atomic E-state index is 0.102. The van der Waals surface area contributed by atoms with Crippen LogP contribution < -0.4 is 10.5 Å². The topological polar surface area (TPSA) is 55.5 Å². The largest absolute Gasteiger partial charge is 0.493 e.